The molecule has 0 bridgehead atoms. The second-order valence-electron chi connectivity index (χ2n) is 8.91. The quantitative estimate of drug-likeness (QED) is 0.593. The number of carbonyl (C=O) groups is 1. The Morgan fingerprint density at radius 2 is 2.06 bits per heavy atom. The molecular formula is C24H29F4N3O3. The van der Waals surface area contributed by atoms with Crippen LogP contribution in [-0.4, -0.2) is 39.7 Å². The van der Waals surface area contributed by atoms with Gasteiger partial charge in [0.25, 0.3) is 5.91 Å². The zero-order valence-electron chi connectivity index (χ0n) is 19.2. The summed E-state index contributed by atoms with van der Waals surface area (Å²) >= 11 is 0. The highest BCUT2D eigenvalue weighted by molar-refractivity contribution is 5.96. The van der Waals surface area contributed by atoms with Crippen molar-refractivity contribution in [3.63, 3.8) is 0 Å². The number of hydrogen-bond donors (Lipinski definition) is 2. The molecule has 0 saturated carbocycles. The van der Waals surface area contributed by atoms with Gasteiger partial charge in [-0.3, -0.25) is 9.69 Å². The van der Waals surface area contributed by atoms with Crippen molar-refractivity contribution in [2.75, 3.05) is 13.2 Å². The molecule has 3 atom stereocenters. The van der Waals surface area contributed by atoms with Crippen molar-refractivity contribution in [3.05, 3.63) is 58.2 Å². The number of aliphatic hydroxyl groups is 1. The minimum Gasteiger partial charge on any atom is -0.373 e. The molecule has 0 aliphatic carbocycles. The molecule has 1 saturated heterocycles. The van der Waals surface area contributed by atoms with E-state index in [-0.39, 0.29) is 18.2 Å². The van der Waals surface area contributed by atoms with Gasteiger partial charge in [0, 0.05) is 19.1 Å². The Labute approximate surface area is 195 Å². The fourth-order valence-corrected chi connectivity index (χ4v) is 4.89. The monoisotopic (exact) mass is 483 g/mol. The van der Waals surface area contributed by atoms with E-state index < -0.39 is 35.7 Å². The largest absolute Gasteiger partial charge is 0.419 e. The zero-order valence-corrected chi connectivity index (χ0v) is 19.2. The molecule has 1 aromatic carbocycles. The average Bonchev–Trinajstić information content (AvgIpc) is 3.40. The molecule has 186 valence electrons. The summed E-state index contributed by atoms with van der Waals surface area (Å²) in [4.78, 5) is 15.2. The van der Waals surface area contributed by atoms with E-state index in [0.29, 0.717) is 36.5 Å². The number of nitrogens with one attached hydrogen (secondary N) is 1. The van der Waals surface area contributed by atoms with Crippen LogP contribution in [0.4, 0.5) is 17.6 Å². The topological polar surface area (TPSA) is 66.7 Å². The van der Waals surface area contributed by atoms with Crippen LogP contribution in [0.1, 0.15) is 78.3 Å². The minimum atomic E-state index is -4.83. The summed E-state index contributed by atoms with van der Waals surface area (Å²) in [6.45, 7) is 5.66. The van der Waals surface area contributed by atoms with Gasteiger partial charge in [-0.1, -0.05) is 13.0 Å². The Hall–Kier alpha value is -2.43. The summed E-state index contributed by atoms with van der Waals surface area (Å²) in [7, 11) is 0. The van der Waals surface area contributed by atoms with E-state index in [0.717, 1.165) is 31.5 Å². The molecule has 1 unspecified atom stereocenters. The Balaban J connectivity index is 1.62. The Bertz CT molecular complexity index is 1050. The van der Waals surface area contributed by atoms with Crippen molar-refractivity contribution in [2.45, 2.75) is 70.7 Å². The SMILES string of the molecule is CC[C@@H](NC(=O)c1cc(C(O)N2CCC[C@@H]2C)n2c1COCC2)c1ccc(F)c(C(F)(F)F)c1. The summed E-state index contributed by atoms with van der Waals surface area (Å²) < 4.78 is 60.7. The van der Waals surface area contributed by atoms with Crippen LogP contribution in [0.5, 0.6) is 0 Å². The van der Waals surface area contributed by atoms with Gasteiger partial charge < -0.3 is 19.7 Å². The third-order valence-corrected chi connectivity index (χ3v) is 6.78. The van der Waals surface area contributed by atoms with Gasteiger partial charge in [-0.25, -0.2) is 4.39 Å². The van der Waals surface area contributed by atoms with E-state index in [4.69, 9.17) is 4.74 Å². The summed E-state index contributed by atoms with van der Waals surface area (Å²) in [5, 5.41) is 13.9. The average molecular weight is 484 g/mol. The van der Waals surface area contributed by atoms with Crippen LogP contribution in [0, 0.1) is 5.82 Å². The van der Waals surface area contributed by atoms with Gasteiger partial charge in [0.2, 0.25) is 0 Å². The molecule has 6 nitrogen and oxygen atoms in total. The summed E-state index contributed by atoms with van der Waals surface area (Å²) in [6, 6.07) is 3.87. The zero-order chi connectivity index (χ0) is 24.6. The number of nitrogens with zero attached hydrogens (tertiary/aromatic N) is 2. The summed E-state index contributed by atoms with van der Waals surface area (Å²) in [6.07, 6.45) is -3.43. The molecule has 3 heterocycles. The lowest BCUT2D eigenvalue weighted by atomic mass is 10.0. The third kappa shape index (κ3) is 4.71. The number of likely N-dealkylation sites (tertiary alicyclic amines) is 1. The van der Waals surface area contributed by atoms with Gasteiger partial charge in [-0.05, 0) is 49.9 Å². The molecule has 0 radical (unpaired) electrons. The number of alkyl halides is 3. The number of rotatable bonds is 6. The normalized spacial score (nSPS) is 20.7. The highest BCUT2D eigenvalue weighted by Gasteiger charge is 2.36. The fraction of sp³-hybridized carbons (Fsp3) is 0.542. The predicted octanol–water partition coefficient (Wildman–Crippen LogP) is 4.53. The Morgan fingerprint density at radius 1 is 1.29 bits per heavy atom. The first-order valence-corrected chi connectivity index (χ1v) is 11.5. The van der Waals surface area contributed by atoms with Crippen LogP contribution < -0.4 is 5.32 Å². The second-order valence-corrected chi connectivity index (χ2v) is 8.91. The van der Waals surface area contributed by atoms with E-state index in [1.54, 1.807) is 13.0 Å². The number of halogens is 4. The van der Waals surface area contributed by atoms with E-state index in [1.807, 2.05) is 9.47 Å². The van der Waals surface area contributed by atoms with Crippen LogP contribution in [-0.2, 0) is 24.1 Å². The molecule has 2 N–H and O–H groups in total. The number of carbonyl (C=O) groups excluding carboxylic acids is 1. The standard InChI is InChI=1S/C24H29F4N3O3/c1-3-19(15-6-7-18(25)17(11-15)24(26,27)28)29-22(32)16-12-20(31-9-10-34-13-21(16)31)23(33)30-8-4-5-14(30)2/h6-7,11-12,14,19,23,33H,3-5,8-10,13H2,1-2H3,(H,29,32)/t14-,19+,23?/m0/s1. The van der Waals surface area contributed by atoms with Gasteiger partial charge in [0.05, 0.1) is 41.8 Å². The lowest BCUT2D eigenvalue weighted by molar-refractivity contribution is -0.140. The van der Waals surface area contributed by atoms with Crippen LogP contribution in [0.25, 0.3) is 0 Å². The second kappa shape index (κ2) is 9.67. The van der Waals surface area contributed by atoms with Gasteiger partial charge in [-0.2, -0.15) is 13.2 Å². The van der Waals surface area contributed by atoms with Crippen molar-refractivity contribution < 1.29 is 32.2 Å². The maximum atomic E-state index is 13.7. The number of aromatic nitrogens is 1. The van der Waals surface area contributed by atoms with E-state index in [1.165, 1.54) is 6.07 Å². The highest BCUT2D eigenvalue weighted by Crippen LogP contribution is 2.34. The molecule has 2 aromatic rings. The van der Waals surface area contributed by atoms with E-state index in [2.05, 4.69) is 12.2 Å². The molecule has 1 amide bonds. The summed E-state index contributed by atoms with van der Waals surface area (Å²) in [5.74, 6) is -1.84. The van der Waals surface area contributed by atoms with Crippen LogP contribution in [0.2, 0.25) is 0 Å². The first-order valence-electron chi connectivity index (χ1n) is 11.5. The smallest absolute Gasteiger partial charge is 0.373 e. The van der Waals surface area contributed by atoms with Gasteiger partial charge >= 0.3 is 6.18 Å². The van der Waals surface area contributed by atoms with E-state index in [9.17, 15) is 27.5 Å². The summed E-state index contributed by atoms with van der Waals surface area (Å²) in [5.41, 5.74) is 0.343. The molecule has 10 heteroatoms. The molecule has 4 rings (SSSR count). The lowest BCUT2D eigenvalue weighted by Crippen LogP contribution is -2.33. The van der Waals surface area contributed by atoms with Crippen LogP contribution in [0.3, 0.4) is 0 Å². The van der Waals surface area contributed by atoms with Crippen molar-refractivity contribution in [2.24, 2.45) is 0 Å². The minimum absolute atomic E-state index is 0.167. The number of ether oxygens (including phenoxy) is 1. The van der Waals surface area contributed by atoms with Gasteiger partial charge in [-0.15, -0.1) is 0 Å². The van der Waals surface area contributed by atoms with Gasteiger partial charge in [0.1, 0.15) is 12.0 Å². The van der Waals surface area contributed by atoms with Crippen molar-refractivity contribution in [1.82, 2.24) is 14.8 Å². The molecule has 34 heavy (non-hydrogen) atoms. The lowest BCUT2D eigenvalue weighted by Gasteiger charge is -2.29. The molecule has 1 fully saturated rings. The van der Waals surface area contributed by atoms with Crippen LogP contribution in [0.15, 0.2) is 24.3 Å². The Morgan fingerprint density at radius 3 is 2.71 bits per heavy atom. The number of hydrogen-bond acceptors (Lipinski definition) is 4. The van der Waals surface area contributed by atoms with Crippen molar-refractivity contribution in [3.8, 4) is 0 Å². The number of fused-ring (bicyclic) bond motifs is 1. The van der Waals surface area contributed by atoms with E-state index >= 15 is 0 Å². The highest BCUT2D eigenvalue weighted by atomic mass is 19.4. The van der Waals surface area contributed by atoms with Crippen molar-refractivity contribution in [1.29, 1.82) is 0 Å². The van der Waals surface area contributed by atoms with Gasteiger partial charge in [0.15, 0.2) is 0 Å². The number of amides is 1. The first-order chi connectivity index (χ1) is 16.1. The molecule has 0 spiro atoms. The maximum Gasteiger partial charge on any atom is 0.419 e. The number of aliphatic hydroxyl groups excluding tert-OH is 1. The number of benzene rings is 1. The molecular weight excluding hydrogens is 454 g/mol. The van der Waals surface area contributed by atoms with Crippen LogP contribution >= 0.6 is 0 Å². The first kappa shape index (κ1) is 24.7. The molecule has 1 aromatic heterocycles. The predicted molar refractivity (Wildman–Crippen MR) is 116 cm³/mol. The third-order valence-electron chi connectivity index (χ3n) is 6.78. The maximum absolute atomic E-state index is 13.7. The fourth-order valence-electron chi connectivity index (χ4n) is 4.89. The Kier molecular flexibility index (Phi) is 7.02. The molecule has 2 aliphatic heterocycles. The molecule has 2 aliphatic rings. The van der Waals surface area contributed by atoms with Crippen molar-refractivity contribution >= 4 is 5.91 Å².